The van der Waals surface area contributed by atoms with Gasteiger partial charge in [0.1, 0.15) is 0 Å². The van der Waals surface area contributed by atoms with E-state index in [9.17, 15) is 9.90 Å². The molecule has 0 unspecified atom stereocenters. The summed E-state index contributed by atoms with van der Waals surface area (Å²) >= 11 is 0. The van der Waals surface area contributed by atoms with E-state index in [2.05, 4.69) is 5.32 Å². The van der Waals surface area contributed by atoms with Gasteiger partial charge >= 0.3 is 0 Å². The second-order valence-corrected chi connectivity index (χ2v) is 4.44. The number of piperidine rings is 1. The quantitative estimate of drug-likeness (QED) is 0.755. The number of rotatable bonds is 3. The fourth-order valence-corrected chi connectivity index (χ4v) is 2.09. The molecule has 1 aromatic carbocycles. The fourth-order valence-electron chi connectivity index (χ4n) is 2.09. The van der Waals surface area contributed by atoms with Crippen LogP contribution in [-0.2, 0) is 0 Å². The highest BCUT2D eigenvalue weighted by Gasteiger charge is 2.31. The molecule has 16 heavy (non-hydrogen) atoms. The zero-order valence-corrected chi connectivity index (χ0v) is 9.28. The summed E-state index contributed by atoms with van der Waals surface area (Å²) in [5, 5.41) is 13.4. The zero-order chi connectivity index (χ0) is 11.4. The summed E-state index contributed by atoms with van der Waals surface area (Å²) in [5.41, 5.74) is -0.118. The minimum absolute atomic E-state index is 0.0324. The number of ketones is 1. The lowest BCUT2D eigenvalue weighted by atomic mass is 9.86. The third-order valence-electron chi connectivity index (χ3n) is 3.12. The van der Waals surface area contributed by atoms with Crippen molar-refractivity contribution >= 4 is 5.78 Å². The Morgan fingerprint density at radius 3 is 2.50 bits per heavy atom. The number of Topliss-reactive ketones (excluding diaryl/α,β-unsaturated/α-hetero) is 1. The van der Waals surface area contributed by atoms with E-state index in [0.29, 0.717) is 18.4 Å². The normalized spacial score (nSPS) is 19.3. The van der Waals surface area contributed by atoms with Gasteiger partial charge in [0.2, 0.25) is 0 Å². The minimum Gasteiger partial charge on any atom is -0.389 e. The molecule has 0 bridgehead atoms. The van der Waals surface area contributed by atoms with Crippen molar-refractivity contribution in [1.82, 2.24) is 5.32 Å². The molecule has 3 heteroatoms. The molecule has 1 aliphatic rings. The molecule has 86 valence electrons. The summed E-state index contributed by atoms with van der Waals surface area (Å²) in [6.45, 7) is 1.58. The van der Waals surface area contributed by atoms with Crippen LogP contribution in [0.4, 0.5) is 0 Å². The van der Waals surface area contributed by atoms with Crippen LogP contribution >= 0.6 is 0 Å². The Labute approximate surface area is 95.5 Å². The Balaban J connectivity index is 2.01. The molecule has 1 aliphatic heterocycles. The summed E-state index contributed by atoms with van der Waals surface area (Å²) in [7, 11) is 0. The van der Waals surface area contributed by atoms with Crippen LogP contribution in [0.5, 0.6) is 0 Å². The van der Waals surface area contributed by atoms with E-state index in [1.54, 1.807) is 12.1 Å². The fraction of sp³-hybridized carbons (Fsp3) is 0.462. The first-order valence-electron chi connectivity index (χ1n) is 5.71. The van der Waals surface area contributed by atoms with Gasteiger partial charge in [-0.2, -0.15) is 0 Å². The van der Waals surface area contributed by atoms with E-state index in [1.165, 1.54) is 0 Å². The summed E-state index contributed by atoms with van der Waals surface area (Å²) < 4.78 is 0. The minimum atomic E-state index is -0.807. The first-order chi connectivity index (χ1) is 7.70. The van der Waals surface area contributed by atoms with Crippen molar-refractivity contribution < 1.29 is 9.90 Å². The van der Waals surface area contributed by atoms with Crippen LogP contribution in [0.15, 0.2) is 30.3 Å². The Hall–Kier alpha value is -1.19. The van der Waals surface area contributed by atoms with Gasteiger partial charge in [-0.15, -0.1) is 0 Å². The van der Waals surface area contributed by atoms with Crippen molar-refractivity contribution in [3.05, 3.63) is 35.9 Å². The average molecular weight is 219 g/mol. The lowest BCUT2D eigenvalue weighted by Gasteiger charge is -2.31. The monoisotopic (exact) mass is 219 g/mol. The Morgan fingerprint density at radius 2 is 1.88 bits per heavy atom. The van der Waals surface area contributed by atoms with Crippen LogP contribution in [0.25, 0.3) is 0 Å². The molecule has 1 heterocycles. The maximum absolute atomic E-state index is 11.9. The van der Waals surface area contributed by atoms with Crippen LogP contribution < -0.4 is 5.32 Å². The van der Waals surface area contributed by atoms with Gasteiger partial charge in [0.25, 0.3) is 0 Å². The topological polar surface area (TPSA) is 49.3 Å². The second-order valence-electron chi connectivity index (χ2n) is 4.44. The van der Waals surface area contributed by atoms with Crippen LogP contribution in [0, 0.1) is 0 Å². The van der Waals surface area contributed by atoms with E-state index < -0.39 is 5.60 Å². The number of hydrogen-bond donors (Lipinski definition) is 2. The van der Waals surface area contributed by atoms with E-state index in [4.69, 9.17) is 0 Å². The lowest BCUT2D eigenvalue weighted by molar-refractivity contribution is 0.00599. The molecule has 0 saturated carbocycles. The maximum Gasteiger partial charge on any atom is 0.165 e. The molecule has 3 nitrogen and oxygen atoms in total. The predicted octanol–water partition coefficient (Wildman–Crippen LogP) is 1.37. The Bertz CT molecular complexity index is 355. The van der Waals surface area contributed by atoms with Gasteiger partial charge in [0, 0.05) is 12.0 Å². The highest BCUT2D eigenvalue weighted by molar-refractivity contribution is 5.96. The molecular formula is C13H17NO2. The first kappa shape index (κ1) is 11.3. The van der Waals surface area contributed by atoms with Crippen molar-refractivity contribution in [2.45, 2.75) is 24.9 Å². The third kappa shape index (κ3) is 2.68. The number of hydrogen-bond acceptors (Lipinski definition) is 3. The molecule has 0 atom stereocenters. The van der Waals surface area contributed by atoms with E-state index in [0.717, 1.165) is 13.1 Å². The summed E-state index contributed by atoms with van der Waals surface area (Å²) in [6.07, 6.45) is 1.55. The van der Waals surface area contributed by atoms with Gasteiger partial charge in [0.15, 0.2) is 5.78 Å². The molecule has 2 rings (SSSR count). The number of aliphatic hydroxyl groups is 1. The lowest BCUT2D eigenvalue weighted by Crippen LogP contribution is -2.43. The predicted molar refractivity (Wildman–Crippen MR) is 62.4 cm³/mol. The maximum atomic E-state index is 11.9. The largest absolute Gasteiger partial charge is 0.389 e. The Kier molecular flexibility index (Phi) is 3.36. The number of carbonyl (C=O) groups is 1. The summed E-state index contributed by atoms with van der Waals surface area (Å²) in [6, 6.07) is 9.18. The van der Waals surface area contributed by atoms with Crippen molar-refractivity contribution in [3.8, 4) is 0 Å². The SMILES string of the molecule is O=C(CC1(O)CCNCC1)c1ccccc1. The molecule has 1 fully saturated rings. The highest BCUT2D eigenvalue weighted by atomic mass is 16.3. The molecule has 0 aliphatic carbocycles. The number of benzene rings is 1. The molecule has 0 amide bonds. The van der Waals surface area contributed by atoms with Crippen LogP contribution in [-0.4, -0.2) is 29.6 Å². The van der Waals surface area contributed by atoms with Gasteiger partial charge in [-0.05, 0) is 25.9 Å². The molecule has 0 aromatic heterocycles. The van der Waals surface area contributed by atoms with Crippen LogP contribution in [0.3, 0.4) is 0 Å². The van der Waals surface area contributed by atoms with Gasteiger partial charge < -0.3 is 10.4 Å². The van der Waals surface area contributed by atoms with Gasteiger partial charge in [0.05, 0.1) is 5.60 Å². The zero-order valence-electron chi connectivity index (χ0n) is 9.28. The summed E-state index contributed by atoms with van der Waals surface area (Å²) in [5.74, 6) is 0.0324. The molecule has 0 spiro atoms. The van der Waals surface area contributed by atoms with Crippen molar-refractivity contribution in [2.24, 2.45) is 0 Å². The molecule has 0 radical (unpaired) electrons. The highest BCUT2D eigenvalue weighted by Crippen LogP contribution is 2.24. The molecular weight excluding hydrogens is 202 g/mol. The van der Waals surface area contributed by atoms with E-state index in [-0.39, 0.29) is 12.2 Å². The van der Waals surface area contributed by atoms with E-state index >= 15 is 0 Å². The average Bonchev–Trinajstić information content (AvgIpc) is 2.30. The van der Waals surface area contributed by atoms with Crippen molar-refractivity contribution in [2.75, 3.05) is 13.1 Å². The number of carbonyl (C=O) groups excluding carboxylic acids is 1. The van der Waals surface area contributed by atoms with Gasteiger partial charge in [-0.3, -0.25) is 4.79 Å². The molecule has 1 aromatic rings. The summed E-state index contributed by atoms with van der Waals surface area (Å²) in [4.78, 5) is 11.9. The van der Waals surface area contributed by atoms with Crippen molar-refractivity contribution in [3.63, 3.8) is 0 Å². The third-order valence-corrected chi connectivity index (χ3v) is 3.12. The van der Waals surface area contributed by atoms with Gasteiger partial charge in [-0.1, -0.05) is 30.3 Å². The molecule has 1 saturated heterocycles. The van der Waals surface area contributed by atoms with E-state index in [1.807, 2.05) is 18.2 Å². The van der Waals surface area contributed by atoms with Crippen molar-refractivity contribution in [1.29, 1.82) is 0 Å². The number of nitrogens with one attached hydrogen (secondary N) is 1. The van der Waals surface area contributed by atoms with Crippen LogP contribution in [0.2, 0.25) is 0 Å². The first-order valence-corrected chi connectivity index (χ1v) is 5.71. The molecule has 2 N–H and O–H groups in total. The Morgan fingerprint density at radius 1 is 1.25 bits per heavy atom. The van der Waals surface area contributed by atoms with Crippen LogP contribution in [0.1, 0.15) is 29.6 Å². The standard InChI is InChI=1S/C13H17NO2/c15-12(11-4-2-1-3-5-11)10-13(16)6-8-14-9-7-13/h1-5,14,16H,6-10H2. The second kappa shape index (κ2) is 4.76. The van der Waals surface area contributed by atoms with Gasteiger partial charge in [-0.25, -0.2) is 0 Å². The smallest absolute Gasteiger partial charge is 0.165 e.